The second-order valence-corrected chi connectivity index (χ2v) is 6.22. The molecule has 0 aromatic heterocycles. The number of hydrogen-bond donors (Lipinski definition) is 0. The van der Waals surface area contributed by atoms with Gasteiger partial charge in [-0.2, -0.15) is 0 Å². The van der Waals surface area contributed by atoms with E-state index in [0.29, 0.717) is 13.0 Å². The maximum absolute atomic E-state index is 12.8. The Labute approximate surface area is 120 Å². The van der Waals surface area contributed by atoms with Gasteiger partial charge in [0.1, 0.15) is 12.1 Å². The monoisotopic (exact) mass is 280 g/mol. The normalized spacial score (nSPS) is 38.3. The average molecular weight is 280 g/mol. The molecule has 0 N–H and O–H groups in total. The number of rotatable bonds is 2. The summed E-state index contributed by atoms with van der Waals surface area (Å²) < 4.78 is 5.58. The molecule has 3 fully saturated rings. The number of ether oxygens (including phenoxy) is 1. The highest BCUT2D eigenvalue weighted by atomic mass is 16.5. The number of carbonyl (C=O) groups is 2. The fraction of sp³-hybridized carbons (Fsp3) is 0.867. The van der Waals surface area contributed by atoms with Crippen LogP contribution in [-0.2, 0) is 14.3 Å². The first-order chi connectivity index (χ1) is 9.63. The smallest absolute Gasteiger partial charge is 0.246 e. The summed E-state index contributed by atoms with van der Waals surface area (Å²) in [6.45, 7) is 5.49. The molecule has 20 heavy (non-hydrogen) atoms. The summed E-state index contributed by atoms with van der Waals surface area (Å²) in [5.41, 5.74) is 0. The SMILES string of the molecule is CCC1C(=O)N2CCCC2C(=O)N1C1CCOC(C)C1. The quantitative estimate of drug-likeness (QED) is 0.763. The molecule has 2 amide bonds. The minimum absolute atomic E-state index is 0.161. The number of carbonyl (C=O) groups excluding carboxylic acids is 2. The maximum atomic E-state index is 12.8. The largest absolute Gasteiger partial charge is 0.378 e. The van der Waals surface area contributed by atoms with Crippen molar-refractivity contribution in [3.8, 4) is 0 Å². The van der Waals surface area contributed by atoms with E-state index in [2.05, 4.69) is 0 Å². The molecule has 0 aromatic carbocycles. The maximum Gasteiger partial charge on any atom is 0.246 e. The van der Waals surface area contributed by atoms with Crippen molar-refractivity contribution in [1.82, 2.24) is 9.80 Å². The molecule has 0 aliphatic carbocycles. The van der Waals surface area contributed by atoms with Gasteiger partial charge < -0.3 is 14.5 Å². The van der Waals surface area contributed by atoms with Crippen LogP contribution in [0.2, 0.25) is 0 Å². The van der Waals surface area contributed by atoms with Crippen molar-refractivity contribution >= 4 is 11.8 Å². The number of piperazine rings is 1. The Balaban J connectivity index is 1.86. The Bertz CT molecular complexity index is 412. The Morgan fingerprint density at radius 3 is 2.75 bits per heavy atom. The van der Waals surface area contributed by atoms with E-state index in [4.69, 9.17) is 4.74 Å². The molecular formula is C15H24N2O3. The molecular weight excluding hydrogens is 256 g/mol. The summed E-state index contributed by atoms with van der Waals surface area (Å²) in [5.74, 6) is 0.335. The number of nitrogens with zero attached hydrogens (tertiary/aromatic N) is 2. The van der Waals surface area contributed by atoms with E-state index in [1.165, 1.54) is 0 Å². The Hall–Kier alpha value is -1.10. The van der Waals surface area contributed by atoms with Crippen molar-refractivity contribution in [2.75, 3.05) is 13.2 Å². The van der Waals surface area contributed by atoms with E-state index in [1.54, 1.807) is 0 Å². The molecule has 0 saturated carbocycles. The summed E-state index contributed by atoms with van der Waals surface area (Å²) in [6, 6.07) is -0.279. The summed E-state index contributed by atoms with van der Waals surface area (Å²) in [4.78, 5) is 29.2. The molecule has 5 nitrogen and oxygen atoms in total. The summed E-state index contributed by atoms with van der Waals surface area (Å²) in [6.07, 6.45) is 4.37. The van der Waals surface area contributed by atoms with Crippen molar-refractivity contribution in [2.45, 2.75) is 70.2 Å². The zero-order chi connectivity index (χ0) is 14.3. The Morgan fingerprint density at radius 1 is 1.25 bits per heavy atom. The third-order valence-corrected chi connectivity index (χ3v) is 4.93. The van der Waals surface area contributed by atoms with Crippen molar-refractivity contribution in [2.24, 2.45) is 0 Å². The molecule has 5 heteroatoms. The zero-order valence-corrected chi connectivity index (χ0v) is 12.4. The highest BCUT2D eigenvalue weighted by molar-refractivity contribution is 5.97. The average Bonchev–Trinajstić information content (AvgIpc) is 2.92. The van der Waals surface area contributed by atoms with Crippen LogP contribution in [0.25, 0.3) is 0 Å². The third-order valence-electron chi connectivity index (χ3n) is 4.93. The molecule has 3 rings (SSSR count). The van der Waals surface area contributed by atoms with Crippen LogP contribution in [0.5, 0.6) is 0 Å². The van der Waals surface area contributed by atoms with Gasteiger partial charge in [0, 0.05) is 19.2 Å². The Morgan fingerprint density at radius 2 is 2.05 bits per heavy atom. The van der Waals surface area contributed by atoms with Crippen molar-refractivity contribution in [3.63, 3.8) is 0 Å². The van der Waals surface area contributed by atoms with E-state index in [9.17, 15) is 9.59 Å². The first-order valence-electron chi connectivity index (χ1n) is 7.87. The summed E-state index contributed by atoms with van der Waals surface area (Å²) in [5, 5.41) is 0. The minimum Gasteiger partial charge on any atom is -0.378 e. The lowest BCUT2D eigenvalue weighted by molar-refractivity contribution is -0.165. The van der Waals surface area contributed by atoms with Crippen LogP contribution in [0.1, 0.15) is 46.0 Å². The van der Waals surface area contributed by atoms with Gasteiger partial charge >= 0.3 is 0 Å². The number of fused-ring (bicyclic) bond motifs is 1. The van der Waals surface area contributed by atoms with Gasteiger partial charge in [-0.3, -0.25) is 9.59 Å². The van der Waals surface area contributed by atoms with Gasteiger partial charge in [-0.25, -0.2) is 0 Å². The van der Waals surface area contributed by atoms with Gasteiger partial charge in [0.15, 0.2) is 0 Å². The number of hydrogen-bond acceptors (Lipinski definition) is 3. The third kappa shape index (κ3) is 2.12. The van der Waals surface area contributed by atoms with Crippen molar-refractivity contribution < 1.29 is 14.3 Å². The molecule has 3 heterocycles. The molecule has 0 bridgehead atoms. The van der Waals surface area contributed by atoms with Gasteiger partial charge in [0.2, 0.25) is 11.8 Å². The highest BCUT2D eigenvalue weighted by Gasteiger charge is 2.49. The van der Waals surface area contributed by atoms with Gasteiger partial charge in [-0.05, 0) is 39.0 Å². The number of amides is 2. The standard InChI is InChI=1S/C15H24N2O3/c1-3-12-14(18)16-7-4-5-13(16)15(19)17(12)11-6-8-20-10(2)9-11/h10-13H,3-9H2,1-2H3. The molecule has 4 atom stereocenters. The van der Waals surface area contributed by atoms with E-state index in [-0.39, 0.29) is 36.0 Å². The van der Waals surface area contributed by atoms with Gasteiger partial charge in [-0.1, -0.05) is 6.92 Å². The summed E-state index contributed by atoms with van der Waals surface area (Å²) >= 11 is 0. The fourth-order valence-electron chi connectivity index (χ4n) is 3.96. The molecule has 0 radical (unpaired) electrons. The molecule has 3 aliphatic heterocycles. The lowest BCUT2D eigenvalue weighted by atomic mass is 9.95. The van der Waals surface area contributed by atoms with E-state index in [1.807, 2.05) is 23.6 Å². The lowest BCUT2D eigenvalue weighted by Gasteiger charge is -2.47. The molecule has 0 aromatic rings. The highest BCUT2D eigenvalue weighted by Crippen LogP contribution is 2.32. The van der Waals surface area contributed by atoms with Crippen LogP contribution >= 0.6 is 0 Å². The van der Waals surface area contributed by atoms with Gasteiger partial charge in [-0.15, -0.1) is 0 Å². The van der Waals surface area contributed by atoms with Crippen LogP contribution in [0.4, 0.5) is 0 Å². The van der Waals surface area contributed by atoms with Gasteiger partial charge in [0.05, 0.1) is 6.10 Å². The van der Waals surface area contributed by atoms with E-state index in [0.717, 1.165) is 32.2 Å². The van der Waals surface area contributed by atoms with Crippen molar-refractivity contribution in [1.29, 1.82) is 0 Å². The first kappa shape index (κ1) is 13.9. The fourth-order valence-corrected chi connectivity index (χ4v) is 3.96. The minimum atomic E-state index is -0.257. The first-order valence-corrected chi connectivity index (χ1v) is 7.87. The van der Waals surface area contributed by atoms with Crippen LogP contribution in [0, 0.1) is 0 Å². The predicted molar refractivity (Wildman–Crippen MR) is 74.1 cm³/mol. The topological polar surface area (TPSA) is 49.9 Å². The van der Waals surface area contributed by atoms with Crippen molar-refractivity contribution in [3.05, 3.63) is 0 Å². The van der Waals surface area contributed by atoms with E-state index >= 15 is 0 Å². The molecule has 4 unspecified atom stereocenters. The van der Waals surface area contributed by atoms with Crippen LogP contribution < -0.4 is 0 Å². The second-order valence-electron chi connectivity index (χ2n) is 6.22. The van der Waals surface area contributed by atoms with E-state index < -0.39 is 0 Å². The lowest BCUT2D eigenvalue weighted by Crippen LogP contribution is -2.65. The zero-order valence-electron chi connectivity index (χ0n) is 12.4. The molecule has 3 aliphatic rings. The van der Waals surface area contributed by atoms with Crippen LogP contribution in [0.15, 0.2) is 0 Å². The van der Waals surface area contributed by atoms with Gasteiger partial charge in [0.25, 0.3) is 0 Å². The predicted octanol–water partition coefficient (Wildman–Crippen LogP) is 1.17. The summed E-state index contributed by atoms with van der Waals surface area (Å²) in [7, 11) is 0. The molecule has 0 spiro atoms. The molecule has 3 saturated heterocycles. The van der Waals surface area contributed by atoms with Crippen LogP contribution in [0.3, 0.4) is 0 Å². The van der Waals surface area contributed by atoms with Crippen LogP contribution in [-0.4, -0.2) is 59.0 Å². The Kier molecular flexibility index (Phi) is 3.71. The molecule has 112 valence electrons. The second kappa shape index (κ2) is 5.35.